The van der Waals surface area contributed by atoms with E-state index in [1.807, 2.05) is 6.92 Å². The lowest BCUT2D eigenvalue weighted by molar-refractivity contribution is -0.162. The van der Waals surface area contributed by atoms with Gasteiger partial charge in [0.05, 0.1) is 17.4 Å². The van der Waals surface area contributed by atoms with E-state index in [1.165, 1.54) is 5.57 Å². The minimum Gasteiger partial charge on any atom is -0.481 e. The minimum atomic E-state index is -1.12. The van der Waals surface area contributed by atoms with Crippen molar-refractivity contribution in [2.75, 3.05) is 0 Å². The maximum Gasteiger partial charge on any atom is 0.315 e. The maximum absolute atomic E-state index is 12.9. The molecule has 0 aromatic heterocycles. The Labute approximate surface area is 147 Å². The molecule has 5 heteroatoms. The molecule has 5 nitrogen and oxygen atoms in total. The zero-order chi connectivity index (χ0) is 17.9. The number of rotatable bonds is 1. The lowest BCUT2D eigenvalue weighted by Gasteiger charge is -2.47. The molecule has 136 valence electrons. The largest absolute Gasteiger partial charge is 0.481 e. The molecular formula is C20H26O5. The normalized spacial score (nSPS) is 58.7. The minimum absolute atomic E-state index is 0.0698. The quantitative estimate of drug-likeness (QED) is 0.562. The van der Waals surface area contributed by atoms with Crippen LogP contribution in [0, 0.1) is 40.4 Å². The van der Waals surface area contributed by atoms with Gasteiger partial charge in [-0.1, -0.05) is 19.1 Å². The van der Waals surface area contributed by atoms with Crippen molar-refractivity contribution in [1.29, 1.82) is 0 Å². The number of hydrogen-bond acceptors (Lipinski definition) is 4. The Balaban J connectivity index is 1.76. The molecule has 2 N–H and O–H groups in total. The topological polar surface area (TPSA) is 83.8 Å². The zero-order valence-electron chi connectivity index (χ0n) is 14.8. The zero-order valence-corrected chi connectivity index (χ0v) is 14.8. The molecular weight excluding hydrogens is 320 g/mol. The number of aliphatic hydroxyl groups excluding tert-OH is 1. The fraction of sp³-hybridized carbons (Fsp3) is 0.800. The van der Waals surface area contributed by atoms with Crippen LogP contribution < -0.4 is 0 Å². The average Bonchev–Trinajstić information content (AvgIpc) is 3.00. The summed E-state index contributed by atoms with van der Waals surface area (Å²) in [6.07, 6.45) is 3.22. The van der Waals surface area contributed by atoms with Gasteiger partial charge in [-0.15, -0.1) is 0 Å². The Hall–Kier alpha value is -1.36. The molecule has 1 spiro atoms. The second kappa shape index (κ2) is 4.30. The van der Waals surface area contributed by atoms with Gasteiger partial charge in [-0.3, -0.25) is 9.59 Å². The van der Waals surface area contributed by atoms with Gasteiger partial charge in [0.15, 0.2) is 0 Å². The molecule has 1 heterocycles. The second-order valence-corrected chi connectivity index (χ2v) is 9.65. The summed E-state index contributed by atoms with van der Waals surface area (Å²) in [7, 11) is 0. The third kappa shape index (κ3) is 1.45. The summed E-state index contributed by atoms with van der Waals surface area (Å²) in [5.41, 5.74) is -1.03. The molecule has 5 aliphatic rings. The van der Waals surface area contributed by atoms with E-state index in [0.29, 0.717) is 12.3 Å². The monoisotopic (exact) mass is 346 g/mol. The smallest absolute Gasteiger partial charge is 0.315 e. The van der Waals surface area contributed by atoms with Crippen molar-refractivity contribution in [1.82, 2.24) is 0 Å². The Kier molecular flexibility index (Phi) is 2.73. The first-order valence-electron chi connectivity index (χ1n) is 9.50. The van der Waals surface area contributed by atoms with Gasteiger partial charge < -0.3 is 14.9 Å². The molecule has 0 unspecified atom stereocenters. The Morgan fingerprint density at radius 3 is 2.72 bits per heavy atom. The van der Waals surface area contributed by atoms with Crippen molar-refractivity contribution in [2.24, 2.45) is 40.4 Å². The summed E-state index contributed by atoms with van der Waals surface area (Å²) >= 11 is 0. The highest BCUT2D eigenvalue weighted by molar-refractivity contribution is 5.85. The van der Waals surface area contributed by atoms with Gasteiger partial charge in [0.2, 0.25) is 0 Å². The molecule has 1 saturated heterocycles. The highest BCUT2D eigenvalue weighted by Crippen LogP contribution is 2.78. The SMILES string of the molecule is C=C1C[C@]23C[C@H]1CC[C@H]2[C@@]12C[C@@H](C)[C@H](O)[C@@](C)(C(=O)O1)[C@H]2[C@@H]3C(=O)O. The summed E-state index contributed by atoms with van der Waals surface area (Å²) in [5, 5.41) is 21.1. The standard InChI is InChI=1S/C20H26O5/c1-9-6-19-8-11(9)4-5-12(19)20-7-10(2)15(21)18(3,17(24)25-20)14(20)13(19)16(22)23/h10-15,21H,1,4-8H2,2-3H3,(H,22,23)/t10-,11-,12-,13-,14-,15+,18+,19+,20-/m1/s1. The van der Waals surface area contributed by atoms with E-state index in [2.05, 4.69) is 6.58 Å². The van der Waals surface area contributed by atoms with Gasteiger partial charge in [-0.2, -0.15) is 0 Å². The van der Waals surface area contributed by atoms with Crippen molar-refractivity contribution in [3.8, 4) is 0 Å². The molecule has 0 amide bonds. The van der Waals surface area contributed by atoms with Crippen molar-refractivity contribution >= 4 is 11.9 Å². The van der Waals surface area contributed by atoms with E-state index in [-0.39, 0.29) is 17.3 Å². The predicted octanol–water partition coefficient (Wildman–Crippen LogP) is 2.38. The number of allylic oxidation sites excluding steroid dienone is 1. The summed E-state index contributed by atoms with van der Waals surface area (Å²) in [6.45, 7) is 7.94. The second-order valence-electron chi connectivity index (χ2n) is 9.65. The van der Waals surface area contributed by atoms with E-state index in [4.69, 9.17) is 4.74 Å². The third-order valence-electron chi connectivity index (χ3n) is 8.76. The molecule has 25 heavy (non-hydrogen) atoms. The number of carboxylic acid groups (broad SMARTS) is 1. The molecule has 0 aromatic carbocycles. The van der Waals surface area contributed by atoms with Crippen LogP contribution in [0.25, 0.3) is 0 Å². The van der Waals surface area contributed by atoms with Crippen molar-refractivity contribution in [3.05, 3.63) is 12.2 Å². The predicted molar refractivity (Wildman–Crippen MR) is 88.4 cm³/mol. The Morgan fingerprint density at radius 2 is 2.04 bits per heavy atom. The summed E-state index contributed by atoms with van der Waals surface area (Å²) in [6, 6.07) is 0. The highest BCUT2D eigenvalue weighted by Gasteiger charge is 2.83. The molecule has 4 bridgehead atoms. The number of aliphatic hydroxyl groups is 1. The van der Waals surface area contributed by atoms with Crippen LogP contribution in [-0.4, -0.2) is 33.9 Å². The van der Waals surface area contributed by atoms with Gasteiger partial charge in [-0.05, 0) is 56.3 Å². The summed E-state index contributed by atoms with van der Waals surface area (Å²) < 4.78 is 6.08. The van der Waals surface area contributed by atoms with Gasteiger partial charge in [0, 0.05) is 11.8 Å². The van der Waals surface area contributed by atoms with Gasteiger partial charge in [-0.25, -0.2) is 0 Å². The number of ether oxygens (including phenoxy) is 1. The Morgan fingerprint density at radius 1 is 1.32 bits per heavy atom. The van der Waals surface area contributed by atoms with E-state index >= 15 is 0 Å². The van der Waals surface area contributed by atoms with Crippen LogP contribution in [0.5, 0.6) is 0 Å². The summed E-state index contributed by atoms with van der Waals surface area (Å²) in [5.74, 6) is -1.90. The molecule has 5 rings (SSSR count). The van der Waals surface area contributed by atoms with E-state index in [1.54, 1.807) is 6.92 Å². The first kappa shape index (κ1) is 15.9. The van der Waals surface area contributed by atoms with Crippen LogP contribution in [0.4, 0.5) is 0 Å². The van der Waals surface area contributed by atoms with Crippen LogP contribution in [0.2, 0.25) is 0 Å². The number of carbonyl (C=O) groups is 2. The van der Waals surface area contributed by atoms with E-state index < -0.39 is 40.9 Å². The molecule has 4 aliphatic carbocycles. The van der Waals surface area contributed by atoms with Crippen molar-refractivity contribution < 1.29 is 24.5 Å². The number of esters is 1. The van der Waals surface area contributed by atoms with Crippen LogP contribution >= 0.6 is 0 Å². The van der Waals surface area contributed by atoms with Crippen molar-refractivity contribution in [2.45, 2.75) is 57.7 Å². The molecule has 4 saturated carbocycles. The number of hydrogen-bond donors (Lipinski definition) is 2. The molecule has 9 atom stereocenters. The molecule has 0 radical (unpaired) electrons. The van der Waals surface area contributed by atoms with E-state index in [9.17, 15) is 19.8 Å². The number of fused-ring (bicyclic) bond motifs is 1. The third-order valence-corrected chi connectivity index (χ3v) is 8.76. The highest BCUT2D eigenvalue weighted by atomic mass is 16.6. The van der Waals surface area contributed by atoms with Gasteiger partial charge in [0.25, 0.3) is 0 Å². The lowest BCUT2D eigenvalue weighted by Crippen LogP contribution is -2.56. The molecule has 0 aromatic rings. The number of carbonyl (C=O) groups excluding carboxylic acids is 1. The van der Waals surface area contributed by atoms with Crippen molar-refractivity contribution in [3.63, 3.8) is 0 Å². The van der Waals surface area contributed by atoms with Crippen LogP contribution in [-0.2, 0) is 14.3 Å². The maximum atomic E-state index is 12.9. The average molecular weight is 346 g/mol. The molecule has 5 fully saturated rings. The fourth-order valence-corrected chi connectivity index (χ4v) is 8.09. The first-order chi connectivity index (χ1) is 11.7. The lowest BCUT2D eigenvalue weighted by atomic mass is 9.56. The number of aliphatic carboxylic acids is 1. The van der Waals surface area contributed by atoms with Crippen LogP contribution in [0.1, 0.15) is 46.0 Å². The van der Waals surface area contributed by atoms with Gasteiger partial charge >= 0.3 is 11.9 Å². The van der Waals surface area contributed by atoms with Gasteiger partial charge in [0.1, 0.15) is 5.60 Å². The number of carboxylic acids is 1. The first-order valence-corrected chi connectivity index (χ1v) is 9.50. The Bertz CT molecular complexity index is 715. The fourth-order valence-electron chi connectivity index (χ4n) is 8.09. The summed E-state index contributed by atoms with van der Waals surface area (Å²) in [4.78, 5) is 25.3. The van der Waals surface area contributed by atoms with E-state index in [0.717, 1.165) is 25.7 Å². The molecule has 1 aliphatic heterocycles. The van der Waals surface area contributed by atoms with Crippen LogP contribution in [0.15, 0.2) is 12.2 Å². The van der Waals surface area contributed by atoms with Crippen LogP contribution in [0.3, 0.4) is 0 Å².